The number of sulfonamides is 1. The van der Waals surface area contributed by atoms with E-state index < -0.39 is 28.5 Å². The molecule has 1 aliphatic rings. The highest BCUT2D eigenvalue weighted by molar-refractivity contribution is 7.92. The molecule has 0 bridgehead atoms. The molecule has 0 radical (unpaired) electrons. The van der Waals surface area contributed by atoms with E-state index in [0.717, 1.165) is 58.7 Å². The summed E-state index contributed by atoms with van der Waals surface area (Å²) in [7, 11) is -4.27. The zero-order chi connectivity index (χ0) is 34.3. The van der Waals surface area contributed by atoms with Gasteiger partial charge in [-0.2, -0.15) is 0 Å². The van der Waals surface area contributed by atoms with E-state index in [9.17, 15) is 18.0 Å². The van der Waals surface area contributed by atoms with Crippen LogP contribution in [0.3, 0.4) is 0 Å². The molecule has 2 amide bonds. The third-order valence-electron chi connectivity index (χ3n) is 8.72. The monoisotopic (exact) mass is 705 g/mol. The van der Waals surface area contributed by atoms with Crippen LogP contribution >= 0.6 is 23.2 Å². The van der Waals surface area contributed by atoms with Crippen molar-refractivity contribution in [1.82, 2.24) is 10.2 Å². The Morgan fingerprint density at radius 1 is 0.792 bits per heavy atom. The topological polar surface area (TPSA) is 86.8 Å². The average Bonchev–Trinajstić information content (AvgIpc) is 3.06. The maximum Gasteiger partial charge on any atom is 0.264 e. The number of carbonyl (C=O) groups excluding carboxylic acids is 2. The van der Waals surface area contributed by atoms with Gasteiger partial charge in [-0.15, -0.1) is 0 Å². The molecule has 252 valence electrons. The van der Waals surface area contributed by atoms with Crippen LogP contribution in [-0.4, -0.2) is 43.8 Å². The smallest absolute Gasteiger partial charge is 0.264 e. The SMILES string of the molecule is Cc1ccc(CN(C(=O)CN(c2cc(Cl)cc(Cl)c2)S(=O)(=O)c2ccc(C)cc2)[C@@H](Cc2ccccc2)C(=O)NC2CCCCC2)cc1. The fourth-order valence-corrected chi connectivity index (χ4v) is 7.95. The van der Waals surface area contributed by atoms with E-state index in [1.807, 2.05) is 68.4 Å². The molecule has 1 saturated carbocycles. The summed E-state index contributed by atoms with van der Waals surface area (Å²) in [6, 6.07) is 27.3. The van der Waals surface area contributed by atoms with Crippen LogP contribution in [-0.2, 0) is 32.6 Å². The van der Waals surface area contributed by atoms with Crippen molar-refractivity contribution in [2.24, 2.45) is 0 Å². The van der Waals surface area contributed by atoms with E-state index in [1.165, 1.54) is 35.2 Å². The van der Waals surface area contributed by atoms with Crippen molar-refractivity contribution >= 4 is 50.7 Å². The second kappa shape index (κ2) is 16.0. The highest BCUT2D eigenvalue weighted by atomic mass is 35.5. The minimum absolute atomic E-state index is 0.0120. The lowest BCUT2D eigenvalue weighted by atomic mass is 9.94. The van der Waals surface area contributed by atoms with Gasteiger partial charge in [0.15, 0.2) is 0 Å². The van der Waals surface area contributed by atoms with Crippen LogP contribution in [0, 0.1) is 13.8 Å². The number of amides is 2. The van der Waals surface area contributed by atoms with Gasteiger partial charge in [0.05, 0.1) is 10.6 Å². The standard InChI is InChI=1S/C38H41Cl2N3O4S/c1-27-13-17-30(18-14-27)25-42(36(21-29-9-5-3-6-10-29)38(45)41-33-11-7-4-8-12-33)37(44)26-43(34-23-31(39)22-32(40)24-34)48(46,47)35-19-15-28(2)16-20-35/h3,5-6,9-10,13-20,22-24,33,36H,4,7-8,11-12,21,25-26H2,1-2H3,(H,41,45)/t36-/m0/s1. The predicted octanol–water partition coefficient (Wildman–Crippen LogP) is 7.89. The Labute approximate surface area is 293 Å². The minimum Gasteiger partial charge on any atom is -0.352 e. The van der Waals surface area contributed by atoms with Gasteiger partial charge in [0, 0.05) is 29.1 Å². The molecule has 4 aromatic rings. The first-order valence-electron chi connectivity index (χ1n) is 16.2. The predicted molar refractivity (Wildman–Crippen MR) is 193 cm³/mol. The zero-order valence-electron chi connectivity index (χ0n) is 27.2. The van der Waals surface area contributed by atoms with E-state index in [1.54, 1.807) is 12.1 Å². The number of nitrogens with one attached hydrogen (secondary N) is 1. The number of anilines is 1. The van der Waals surface area contributed by atoms with Gasteiger partial charge in [-0.05, 0) is 68.1 Å². The summed E-state index contributed by atoms with van der Waals surface area (Å²) in [4.78, 5) is 30.5. The van der Waals surface area contributed by atoms with Gasteiger partial charge in [0.25, 0.3) is 10.0 Å². The molecule has 0 spiro atoms. The number of carbonyl (C=O) groups is 2. The van der Waals surface area contributed by atoms with Crippen LogP contribution in [0.5, 0.6) is 0 Å². The van der Waals surface area contributed by atoms with Crippen LogP contribution < -0.4 is 9.62 Å². The van der Waals surface area contributed by atoms with E-state index >= 15 is 0 Å². The molecule has 1 N–H and O–H groups in total. The molecule has 1 atom stereocenters. The van der Waals surface area contributed by atoms with E-state index in [4.69, 9.17) is 23.2 Å². The molecule has 1 fully saturated rings. The molecule has 0 unspecified atom stereocenters. The molecule has 48 heavy (non-hydrogen) atoms. The van der Waals surface area contributed by atoms with Gasteiger partial charge in [-0.1, -0.05) is 120 Å². The van der Waals surface area contributed by atoms with E-state index in [0.29, 0.717) is 0 Å². The molecular formula is C38H41Cl2N3O4S. The summed E-state index contributed by atoms with van der Waals surface area (Å²) in [5.74, 6) is -0.799. The molecule has 10 heteroatoms. The highest BCUT2D eigenvalue weighted by Crippen LogP contribution is 2.30. The summed E-state index contributed by atoms with van der Waals surface area (Å²) in [6.45, 7) is 3.36. The lowest BCUT2D eigenvalue weighted by molar-refractivity contribution is -0.140. The number of benzene rings is 4. The molecule has 1 aliphatic carbocycles. The van der Waals surface area contributed by atoms with Gasteiger partial charge < -0.3 is 10.2 Å². The van der Waals surface area contributed by atoms with Crippen LogP contribution in [0.2, 0.25) is 10.0 Å². The van der Waals surface area contributed by atoms with Crippen molar-refractivity contribution in [3.8, 4) is 0 Å². The third-order valence-corrected chi connectivity index (χ3v) is 10.9. The third kappa shape index (κ3) is 9.19. The average molecular weight is 707 g/mol. The van der Waals surface area contributed by atoms with Crippen LogP contribution in [0.25, 0.3) is 0 Å². The second-order valence-electron chi connectivity index (χ2n) is 12.5. The summed E-state index contributed by atoms with van der Waals surface area (Å²) < 4.78 is 29.6. The Bertz CT molecular complexity index is 1790. The van der Waals surface area contributed by atoms with Gasteiger partial charge in [0.1, 0.15) is 12.6 Å². The number of hydrogen-bond donors (Lipinski definition) is 1. The molecule has 4 aromatic carbocycles. The van der Waals surface area contributed by atoms with E-state index in [2.05, 4.69) is 5.32 Å². The molecule has 0 aromatic heterocycles. The van der Waals surface area contributed by atoms with Crippen molar-refractivity contribution in [1.29, 1.82) is 0 Å². The lowest BCUT2D eigenvalue weighted by Gasteiger charge is -2.35. The van der Waals surface area contributed by atoms with Crippen molar-refractivity contribution < 1.29 is 18.0 Å². The fourth-order valence-electron chi connectivity index (χ4n) is 6.04. The van der Waals surface area contributed by atoms with Crippen molar-refractivity contribution in [2.75, 3.05) is 10.8 Å². The quantitative estimate of drug-likeness (QED) is 0.162. The minimum atomic E-state index is -4.27. The number of halogens is 2. The maximum atomic E-state index is 14.7. The Balaban J connectivity index is 1.58. The van der Waals surface area contributed by atoms with Crippen molar-refractivity contribution in [2.45, 2.75) is 75.9 Å². The summed E-state index contributed by atoms with van der Waals surface area (Å²) in [5, 5.41) is 3.67. The Kier molecular flexibility index (Phi) is 11.8. The summed E-state index contributed by atoms with van der Waals surface area (Å²) in [6.07, 6.45) is 5.23. The second-order valence-corrected chi connectivity index (χ2v) is 15.2. The van der Waals surface area contributed by atoms with Crippen LogP contribution in [0.15, 0.2) is 102 Å². The Hall–Kier alpha value is -3.85. The first-order chi connectivity index (χ1) is 23.0. The zero-order valence-corrected chi connectivity index (χ0v) is 29.6. The Morgan fingerprint density at radius 2 is 1.38 bits per heavy atom. The van der Waals surface area contributed by atoms with Crippen molar-refractivity contribution in [3.05, 3.63) is 129 Å². The molecule has 0 saturated heterocycles. The number of rotatable bonds is 12. The molecule has 0 heterocycles. The number of aryl methyl sites for hydroxylation is 2. The van der Waals surface area contributed by atoms with Gasteiger partial charge in [0.2, 0.25) is 11.8 Å². The van der Waals surface area contributed by atoms with Crippen molar-refractivity contribution in [3.63, 3.8) is 0 Å². The van der Waals surface area contributed by atoms with Gasteiger partial charge in [-0.3, -0.25) is 13.9 Å². The maximum absolute atomic E-state index is 14.7. The lowest BCUT2D eigenvalue weighted by Crippen LogP contribution is -2.55. The fraction of sp³-hybridized carbons (Fsp3) is 0.316. The van der Waals surface area contributed by atoms with Crippen LogP contribution in [0.1, 0.15) is 54.4 Å². The molecule has 5 rings (SSSR count). The molecule has 0 aliphatic heterocycles. The van der Waals surface area contributed by atoms with E-state index in [-0.39, 0.29) is 45.5 Å². The first kappa shape index (κ1) is 35.5. The normalized spacial score (nSPS) is 14.2. The van der Waals surface area contributed by atoms with Gasteiger partial charge >= 0.3 is 0 Å². The van der Waals surface area contributed by atoms with Crippen LogP contribution in [0.4, 0.5) is 5.69 Å². The largest absolute Gasteiger partial charge is 0.352 e. The number of nitrogens with zero attached hydrogens (tertiary/aromatic N) is 2. The number of hydrogen-bond acceptors (Lipinski definition) is 4. The highest BCUT2D eigenvalue weighted by Gasteiger charge is 2.35. The first-order valence-corrected chi connectivity index (χ1v) is 18.4. The molecular weight excluding hydrogens is 665 g/mol. The summed E-state index contributed by atoms with van der Waals surface area (Å²) in [5.41, 5.74) is 3.79. The summed E-state index contributed by atoms with van der Waals surface area (Å²) >= 11 is 12.7. The Morgan fingerprint density at radius 3 is 1.98 bits per heavy atom. The van der Waals surface area contributed by atoms with Gasteiger partial charge in [-0.25, -0.2) is 8.42 Å². The molecule has 7 nitrogen and oxygen atoms in total.